The number of allylic oxidation sites excluding steroid dienone is 2. The Balaban J connectivity index is 4.09. The number of rotatable bonds is 0. The zero-order valence-electron chi connectivity index (χ0n) is 9.29. The molecule has 0 aromatic carbocycles. The summed E-state index contributed by atoms with van der Waals surface area (Å²) in [6.07, 6.45) is -29.8. The minimum atomic E-state index is -7.46. The highest BCUT2D eigenvalue weighted by Crippen LogP contribution is 2.81. The van der Waals surface area contributed by atoms with E-state index >= 15 is 0 Å². The Bertz CT molecular complexity index is 419. The molecule has 0 amide bonds. The quantitative estimate of drug-likeness (QED) is 0.508. The van der Waals surface area contributed by atoms with Crippen molar-refractivity contribution < 1.29 is 61.5 Å². The standard InChI is InChI=1S/C8F14/c9-1-2(10)4(7(17,18)19,8(20,21)22)3(1,5(11,12)13)6(14,15)16. The molecule has 14 heteroatoms. The molecule has 22 heavy (non-hydrogen) atoms. The summed E-state index contributed by atoms with van der Waals surface area (Å²) in [4.78, 5) is 0. The zero-order valence-corrected chi connectivity index (χ0v) is 9.29. The molecule has 0 bridgehead atoms. The van der Waals surface area contributed by atoms with Gasteiger partial charge in [-0.15, -0.1) is 0 Å². The van der Waals surface area contributed by atoms with Gasteiger partial charge in [-0.3, -0.25) is 0 Å². The summed E-state index contributed by atoms with van der Waals surface area (Å²) in [6, 6.07) is 0. The van der Waals surface area contributed by atoms with Crippen molar-refractivity contribution >= 4 is 0 Å². The lowest BCUT2D eigenvalue weighted by Crippen LogP contribution is -2.76. The van der Waals surface area contributed by atoms with Crippen molar-refractivity contribution in [2.75, 3.05) is 0 Å². The predicted molar refractivity (Wildman–Crippen MR) is 38.3 cm³/mol. The summed E-state index contributed by atoms with van der Waals surface area (Å²) in [5.41, 5.74) is -14.2. The summed E-state index contributed by atoms with van der Waals surface area (Å²) in [7, 11) is 0. The first kappa shape index (κ1) is 18.8. The summed E-state index contributed by atoms with van der Waals surface area (Å²) in [6.45, 7) is 0. The number of halogens is 14. The third-order valence-electron chi connectivity index (χ3n) is 3.11. The normalized spacial score (nSPS) is 22.6. The van der Waals surface area contributed by atoms with Gasteiger partial charge in [0.05, 0.1) is 0 Å². The third kappa shape index (κ3) is 1.66. The smallest absolute Gasteiger partial charge is 0.208 e. The maximum absolute atomic E-state index is 12.8. The van der Waals surface area contributed by atoms with Crippen LogP contribution in [-0.4, -0.2) is 24.7 Å². The van der Waals surface area contributed by atoms with E-state index < -0.39 is 47.2 Å². The van der Waals surface area contributed by atoms with E-state index in [-0.39, 0.29) is 0 Å². The lowest BCUT2D eigenvalue weighted by molar-refractivity contribution is -0.472. The fraction of sp³-hybridized carbons (Fsp3) is 0.750. The van der Waals surface area contributed by atoms with Crippen molar-refractivity contribution in [1.29, 1.82) is 0 Å². The van der Waals surface area contributed by atoms with E-state index in [0.29, 0.717) is 0 Å². The van der Waals surface area contributed by atoms with Crippen LogP contribution in [0.15, 0.2) is 11.7 Å². The summed E-state index contributed by atoms with van der Waals surface area (Å²) in [5, 5.41) is 0. The lowest BCUT2D eigenvalue weighted by atomic mass is 9.51. The molecule has 0 heterocycles. The van der Waals surface area contributed by atoms with Gasteiger partial charge in [0.25, 0.3) is 0 Å². The van der Waals surface area contributed by atoms with E-state index in [1.54, 1.807) is 0 Å². The lowest BCUT2D eigenvalue weighted by Gasteiger charge is -2.55. The van der Waals surface area contributed by atoms with Gasteiger partial charge in [-0.1, -0.05) is 0 Å². The van der Waals surface area contributed by atoms with E-state index in [0.717, 1.165) is 0 Å². The Morgan fingerprint density at radius 2 is 0.545 bits per heavy atom. The van der Waals surface area contributed by atoms with Gasteiger partial charge >= 0.3 is 24.7 Å². The largest absolute Gasteiger partial charge is 0.411 e. The average molecular weight is 362 g/mol. The number of hydrogen-bond acceptors (Lipinski definition) is 0. The Hall–Kier alpha value is -1.24. The van der Waals surface area contributed by atoms with Gasteiger partial charge < -0.3 is 0 Å². The van der Waals surface area contributed by atoms with Gasteiger partial charge in [0.1, 0.15) is 0 Å². The SMILES string of the molecule is FC1=C(F)C(C(F)(F)F)(C(F)(F)F)C1(C(F)(F)F)C(F)(F)F. The Morgan fingerprint density at radius 1 is 0.409 bits per heavy atom. The molecule has 0 atom stereocenters. The van der Waals surface area contributed by atoms with Crippen LogP contribution in [0.25, 0.3) is 0 Å². The highest BCUT2D eigenvalue weighted by Gasteiger charge is 3.02. The molecule has 0 fully saturated rings. The van der Waals surface area contributed by atoms with Crippen LogP contribution in [0.3, 0.4) is 0 Å². The van der Waals surface area contributed by atoms with E-state index in [9.17, 15) is 61.5 Å². The van der Waals surface area contributed by atoms with Crippen LogP contribution in [0.2, 0.25) is 0 Å². The summed E-state index contributed by atoms with van der Waals surface area (Å²) < 4.78 is 175. The highest BCUT2D eigenvalue weighted by atomic mass is 19.4. The molecule has 1 aliphatic carbocycles. The van der Waals surface area contributed by atoms with Crippen LogP contribution in [0.1, 0.15) is 0 Å². The van der Waals surface area contributed by atoms with E-state index in [4.69, 9.17) is 0 Å². The topological polar surface area (TPSA) is 0 Å². The van der Waals surface area contributed by atoms with E-state index in [1.807, 2.05) is 0 Å². The van der Waals surface area contributed by atoms with Crippen molar-refractivity contribution in [3.05, 3.63) is 11.7 Å². The molecule has 1 rings (SSSR count). The molecule has 0 nitrogen and oxygen atoms in total. The minimum absolute atomic E-state index is 4.22. The van der Waals surface area contributed by atoms with E-state index in [2.05, 4.69) is 0 Å². The molecule has 0 aromatic rings. The van der Waals surface area contributed by atoms with Gasteiger partial charge in [-0.05, 0) is 0 Å². The maximum Gasteiger partial charge on any atom is 0.411 e. The zero-order chi connectivity index (χ0) is 18.2. The van der Waals surface area contributed by atoms with Crippen molar-refractivity contribution in [3.63, 3.8) is 0 Å². The second kappa shape index (κ2) is 4.19. The molecule has 0 radical (unpaired) electrons. The molecule has 130 valence electrons. The van der Waals surface area contributed by atoms with Gasteiger partial charge in [-0.2, -0.15) is 52.7 Å². The minimum Gasteiger partial charge on any atom is -0.208 e. The van der Waals surface area contributed by atoms with Crippen molar-refractivity contribution in [1.82, 2.24) is 0 Å². The molecular weight excluding hydrogens is 362 g/mol. The molecular formula is C8F14. The van der Waals surface area contributed by atoms with Crippen LogP contribution in [0, 0.1) is 10.8 Å². The molecule has 0 unspecified atom stereocenters. The number of hydrogen-bond donors (Lipinski definition) is 0. The van der Waals surface area contributed by atoms with Gasteiger partial charge in [0, 0.05) is 0 Å². The predicted octanol–water partition coefficient (Wildman–Crippen LogP) is 5.37. The van der Waals surface area contributed by atoms with Crippen molar-refractivity contribution in [2.45, 2.75) is 24.7 Å². The van der Waals surface area contributed by atoms with Gasteiger partial charge in [-0.25, -0.2) is 8.78 Å². The van der Waals surface area contributed by atoms with Crippen LogP contribution < -0.4 is 0 Å². The average Bonchev–Trinajstić information content (AvgIpc) is 2.15. The van der Waals surface area contributed by atoms with E-state index in [1.165, 1.54) is 0 Å². The van der Waals surface area contributed by atoms with Gasteiger partial charge in [0.15, 0.2) is 11.7 Å². The van der Waals surface area contributed by atoms with Crippen LogP contribution >= 0.6 is 0 Å². The Labute approximate surface area is 110 Å². The van der Waals surface area contributed by atoms with Crippen LogP contribution in [0.4, 0.5) is 61.5 Å². The molecule has 0 saturated heterocycles. The molecule has 0 aromatic heterocycles. The number of alkyl halides is 12. The summed E-state index contributed by atoms with van der Waals surface area (Å²) in [5.74, 6) is -8.44. The second-order valence-corrected chi connectivity index (χ2v) is 4.12. The first-order valence-electron chi connectivity index (χ1n) is 4.65. The van der Waals surface area contributed by atoms with Crippen LogP contribution in [0.5, 0.6) is 0 Å². The molecule has 1 aliphatic rings. The third-order valence-corrected chi connectivity index (χ3v) is 3.11. The highest BCUT2D eigenvalue weighted by molar-refractivity contribution is 5.45. The fourth-order valence-corrected chi connectivity index (χ4v) is 2.27. The monoisotopic (exact) mass is 362 g/mol. The van der Waals surface area contributed by atoms with Gasteiger partial charge in [0.2, 0.25) is 10.8 Å². The Morgan fingerprint density at radius 3 is 0.636 bits per heavy atom. The Kier molecular flexibility index (Phi) is 3.58. The van der Waals surface area contributed by atoms with Crippen molar-refractivity contribution in [3.8, 4) is 0 Å². The maximum atomic E-state index is 12.8. The summed E-state index contributed by atoms with van der Waals surface area (Å²) >= 11 is 0. The fourth-order valence-electron chi connectivity index (χ4n) is 2.27. The molecule has 0 saturated carbocycles. The van der Waals surface area contributed by atoms with Crippen LogP contribution in [-0.2, 0) is 0 Å². The first-order chi connectivity index (χ1) is 9.32. The second-order valence-electron chi connectivity index (χ2n) is 4.12. The molecule has 0 spiro atoms. The van der Waals surface area contributed by atoms with Crippen molar-refractivity contribution in [2.24, 2.45) is 10.8 Å². The molecule has 0 N–H and O–H groups in total. The molecule has 0 aliphatic heterocycles. The first-order valence-corrected chi connectivity index (χ1v) is 4.65.